The molecule has 0 amide bonds. The smallest absolute Gasteiger partial charge is 0.326 e. The van der Waals surface area contributed by atoms with Crippen molar-refractivity contribution < 1.29 is 36.9 Å². The number of carbonyl (C=O) groups is 1. The molecule has 5 atom stereocenters. The first-order valence-corrected chi connectivity index (χ1v) is 9.45. The number of hydrogen-bond donors (Lipinski definition) is 1. The molecule has 2 rings (SSSR count). The van der Waals surface area contributed by atoms with Crippen LogP contribution >= 0.6 is 0 Å². The summed E-state index contributed by atoms with van der Waals surface area (Å²) >= 11 is 0. The number of rotatable bonds is 5. The fraction of sp³-hybridized carbons (Fsp3) is 0.933. The van der Waals surface area contributed by atoms with Gasteiger partial charge in [0.15, 0.2) is 12.1 Å². The normalized spacial score (nSPS) is 33.1. The summed E-state index contributed by atoms with van der Waals surface area (Å²) in [4.78, 5) is 12.3. The second-order valence-electron chi connectivity index (χ2n) is 7.50. The molecule has 2 heterocycles. The summed E-state index contributed by atoms with van der Waals surface area (Å²) in [5.74, 6) is -1.68. The largest absolute Gasteiger partial charge is 0.468 e. The van der Waals surface area contributed by atoms with Crippen molar-refractivity contribution in [1.82, 2.24) is 4.72 Å². The number of hydrogen-bond acceptors (Lipinski definition) is 8. The van der Waals surface area contributed by atoms with E-state index in [0.29, 0.717) is 0 Å². The average molecular weight is 381 g/mol. The summed E-state index contributed by atoms with van der Waals surface area (Å²) < 4.78 is 53.7. The van der Waals surface area contributed by atoms with E-state index in [-0.39, 0.29) is 0 Å². The Morgan fingerprint density at radius 3 is 2.20 bits per heavy atom. The molecule has 25 heavy (non-hydrogen) atoms. The molecule has 0 saturated carbocycles. The lowest BCUT2D eigenvalue weighted by Gasteiger charge is -2.30. The maximum Gasteiger partial charge on any atom is 0.326 e. The summed E-state index contributed by atoms with van der Waals surface area (Å²) in [5.41, 5.74) is 0. The van der Waals surface area contributed by atoms with Crippen LogP contribution in [-0.2, 0) is 38.5 Å². The Morgan fingerprint density at radius 1 is 1.16 bits per heavy atom. The van der Waals surface area contributed by atoms with Crippen molar-refractivity contribution in [3.05, 3.63) is 0 Å². The van der Waals surface area contributed by atoms with Crippen molar-refractivity contribution in [3.63, 3.8) is 0 Å². The first kappa shape index (κ1) is 20.5. The highest BCUT2D eigenvalue weighted by atomic mass is 32.2. The lowest BCUT2D eigenvalue weighted by molar-refractivity contribution is -0.230. The van der Waals surface area contributed by atoms with Gasteiger partial charge in [0.1, 0.15) is 24.4 Å². The second kappa shape index (κ2) is 6.75. The molecule has 0 aromatic rings. The van der Waals surface area contributed by atoms with E-state index in [0.717, 1.165) is 0 Å². The van der Waals surface area contributed by atoms with Crippen LogP contribution in [0.25, 0.3) is 0 Å². The Bertz CT molecular complexity index is 612. The van der Waals surface area contributed by atoms with Gasteiger partial charge in [-0.1, -0.05) is 0 Å². The molecule has 2 saturated heterocycles. The molecule has 2 aliphatic heterocycles. The van der Waals surface area contributed by atoms with E-state index >= 15 is 0 Å². The Balaban J connectivity index is 2.34. The third kappa shape index (κ3) is 3.99. The van der Waals surface area contributed by atoms with Gasteiger partial charge in [-0.15, -0.1) is 0 Å². The average Bonchev–Trinajstić information content (AvgIpc) is 2.95. The van der Waals surface area contributed by atoms with Crippen molar-refractivity contribution in [2.75, 3.05) is 14.2 Å². The Kier molecular flexibility index (Phi) is 5.54. The van der Waals surface area contributed by atoms with Gasteiger partial charge in [0, 0.05) is 7.11 Å². The van der Waals surface area contributed by atoms with Gasteiger partial charge < -0.3 is 23.7 Å². The van der Waals surface area contributed by atoms with Gasteiger partial charge in [0.25, 0.3) is 0 Å². The van der Waals surface area contributed by atoms with Crippen molar-refractivity contribution >= 4 is 16.0 Å². The minimum absolute atomic E-state index is 0.587. The standard InChI is InChI=1S/C15H27NO8S/c1-14(2,3)25(18,19)16-8(12(17)20-6)9-10-11(13(21-7)22-9)24-15(4,5)23-10/h8-11,13,16H,1-7H3/t8-,9+,10+,11+,13+/m0/s1. The number of methoxy groups -OCH3 is 2. The molecule has 2 fully saturated rings. The molecule has 0 aliphatic carbocycles. The SMILES string of the molecule is COC(=O)[C@@H](NS(=O)(=O)C(C)(C)C)[C@H]1O[C@@H](OC)[C@@H]2OC(C)(C)O[C@@H]21. The first-order chi connectivity index (χ1) is 11.3. The summed E-state index contributed by atoms with van der Waals surface area (Å²) in [5, 5.41) is 0. The van der Waals surface area contributed by atoms with Crippen LogP contribution in [0, 0.1) is 0 Å². The van der Waals surface area contributed by atoms with Crippen molar-refractivity contribution in [2.24, 2.45) is 0 Å². The predicted octanol–water partition coefficient (Wildman–Crippen LogP) is 0.137. The molecule has 0 radical (unpaired) electrons. The molecule has 9 nitrogen and oxygen atoms in total. The molecule has 0 unspecified atom stereocenters. The van der Waals surface area contributed by atoms with Crippen LogP contribution < -0.4 is 4.72 Å². The van der Waals surface area contributed by atoms with Gasteiger partial charge in [-0.05, 0) is 34.6 Å². The van der Waals surface area contributed by atoms with Gasteiger partial charge in [-0.2, -0.15) is 4.72 Å². The van der Waals surface area contributed by atoms with Gasteiger partial charge in [0.05, 0.1) is 11.9 Å². The number of fused-ring (bicyclic) bond motifs is 1. The first-order valence-electron chi connectivity index (χ1n) is 7.96. The maximum absolute atomic E-state index is 12.5. The van der Waals surface area contributed by atoms with E-state index < -0.39 is 57.2 Å². The topological polar surface area (TPSA) is 109 Å². The van der Waals surface area contributed by atoms with Crippen LogP contribution in [0.1, 0.15) is 34.6 Å². The van der Waals surface area contributed by atoms with Gasteiger partial charge in [0.2, 0.25) is 10.0 Å². The van der Waals surface area contributed by atoms with Gasteiger partial charge >= 0.3 is 5.97 Å². The molecule has 10 heteroatoms. The van der Waals surface area contributed by atoms with Gasteiger partial charge in [-0.25, -0.2) is 8.42 Å². The van der Waals surface area contributed by atoms with E-state index in [1.807, 2.05) is 0 Å². The minimum atomic E-state index is -3.84. The molecule has 1 N–H and O–H groups in total. The third-order valence-electron chi connectivity index (χ3n) is 4.15. The zero-order valence-electron chi connectivity index (χ0n) is 15.6. The number of carbonyl (C=O) groups excluding carboxylic acids is 1. The molecule has 0 aromatic heterocycles. The maximum atomic E-state index is 12.5. The van der Waals surface area contributed by atoms with Crippen LogP contribution in [0.3, 0.4) is 0 Å². The Hall–Kier alpha value is -0.780. The second-order valence-corrected chi connectivity index (χ2v) is 9.97. The lowest BCUT2D eigenvalue weighted by Crippen LogP contribution is -2.56. The highest BCUT2D eigenvalue weighted by molar-refractivity contribution is 7.90. The Labute approximate surface area is 148 Å². The molecular formula is C15H27NO8S. The lowest BCUT2D eigenvalue weighted by atomic mass is 10.0. The number of sulfonamides is 1. The highest BCUT2D eigenvalue weighted by Crippen LogP contribution is 2.40. The molecule has 146 valence electrons. The predicted molar refractivity (Wildman–Crippen MR) is 87.1 cm³/mol. The van der Waals surface area contributed by atoms with E-state index in [1.54, 1.807) is 13.8 Å². The highest BCUT2D eigenvalue weighted by Gasteiger charge is 2.59. The van der Waals surface area contributed by atoms with Crippen molar-refractivity contribution in [2.45, 2.75) is 75.8 Å². The fourth-order valence-electron chi connectivity index (χ4n) is 2.77. The van der Waals surface area contributed by atoms with Gasteiger partial charge in [-0.3, -0.25) is 4.79 Å². The van der Waals surface area contributed by atoms with E-state index in [1.165, 1.54) is 35.0 Å². The quantitative estimate of drug-likeness (QED) is 0.670. The van der Waals surface area contributed by atoms with E-state index in [9.17, 15) is 13.2 Å². The van der Waals surface area contributed by atoms with Crippen molar-refractivity contribution in [1.29, 1.82) is 0 Å². The molecule has 0 aromatic carbocycles. The monoisotopic (exact) mass is 381 g/mol. The Morgan fingerprint density at radius 2 is 1.72 bits per heavy atom. The zero-order valence-corrected chi connectivity index (χ0v) is 16.4. The molecule has 0 bridgehead atoms. The summed E-state index contributed by atoms with van der Waals surface area (Å²) in [6.07, 6.45) is -3.02. The van der Waals surface area contributed by atoms with Crippen LogP contribution in [0.2, 0.25) is 0 Å². The van der Waals surface area contributed by atoms with Crippen LogP contribution in [0.5, 0.6) is 0 Å². The van der Waals surface area contributed by atoms with Crippen LogP contribution in [-0.4, -0.2) is 69.8 Å². The molecular weight excluding hydrogens is 354 g/mol. The zero-order chi connectivity index (χ0) is 19.2. The number of esters is 1. The molecule has 0 spiro atoms. The van der Waals surface area contributed by atoms with E-state index in [4.69, 9.17) is 23.7 Å². The van der Waals surface area contributed by atoms with E-state index in [2.05, 4.69) is 4.72 Å². The van der Waals surface area contributed by atoms with Crippen molar-refractivity contribution in [3.8, 4) is 0 Å². The number of ether oxygens (including phenoxy) is 5. The number of nitrogens with one attached hydrogen (secondary N) is 1. The van der Waals surface area contributed by atoms with Crippen LogP contribution in [0.15, 0.2) is 0 Å². The summed E-state index contributed by atoms with van der Waals surface area (Å²) in [6.45, 7) is 8.03. The minimum Gasteiger partial charge on any atom is -0.468 e. The van der Waals surface area contributed by atoms with Crippen LogP contribution in [0.4, 0.5) is 0 Å². The fourth-order valence-corrected chi connectivity index (χ4v) is 3.69. The summed E-state index contributed by atoms with van der Waals surface area (Å²) in [7, 11) is -1.23. The third-order valence-corrected chi connectivity index (χ3v) is 6.33. The molecule has 2 aliphatic rings. The summed E-state index contributed by atoms with van der Waals surface area (Å²) in [6, 6.07) is -1.29.